The summed E-state index contributed by atoms with van der Waals surface area (Å²) in [4.78, 5) is 0. The first-order valence-electron chi connectivity index (χ1n) is 13.5. The van der Waals surface area contributed by atoms with Crippen LogP contribution in [0.5, 0.6) is 0 Å². The molecular formula is C28H47IN2O. The van der Waals surface area contributed by atoms with Gasteiger partial charge < -0.3 is 29.1 Å². The Kier molecular flexibility index (Phi) is 7.43. The molecule has 3 nitrogen and oxygen atoms in total. The van der Waals surface area contributed by atoms with E-state index in [0.29, 0.717) is 10.8 Å². The first kappa shape index (κ1) is 25.0. The predicted octanol–water partition coefficient (Wildman–Crippen LogP) is 2.75. The predicted molar refractivity (Wildman–Crippen MR) is 125 cm³/mol. The molecule has 0 radical (unpaired) electrons. The van der Waals surface area contributed by atoms with Crippen LogP contribution >= 0.6 is 0 Å². The Hall–Kier alpha value is -0.100. The summed E-state index contributed by atoms with van der Waals surface area (Å²) in [6.45, 7) is 9.06. The zero-order chi connectivity index (χ0) is 21.8. The number of nitrogens with zero attached hydrogens (tertiary/aromatic N) is 2. The highest BCUT2D eigenvalue weighted by atomic mass is 127. The minimum Gasteiger partial charge on any atom is -1.00 e. The SMILES string of the molecule is C[C@H](CCCn1cc[n+](C)c1)[C@H]1CC[C@H]2[C@@H]3CC[C@@H]4C[C@H](O)CC[C@]4(C)[C@H]3CC[C@]12C.[I-]. The molecule has 4 aliphatic rings. The summed E-state index contributed by atoms with van der Waals surface area (Å²) in [5, 5.41) is 10.3. The van der Waals surface area contributed by atoms with Gasteiger partial charge >= 0.3 is 0 Å². The Morgan fingerprint density at radius 2 is 1.78 bits per heavy atom. The largest absolute Gasteiger partial charge is 1.00 e. The van der Waals surface area contributed by atoms with Gasteiger partial charge in [0, 0.05) is 0 Å². The summed E-state index contributed by atoms with van der Waals surface area (Å²) in [5.74, 6) is 5.43. The maximum absolute atomic E-state index is 10.3. The first-order valence-corrected chi connectivity index (χ1v) is 13.5. The zero-order valence-corrected chi connectivity index (χ0v) is 23.1. The topological polar surface area (TPSA) is 29.0 Å². The lowest BCUT2D eigenvalue weighted by Gasteiger charge is -2.61. The fourth-order valence-corrected chi connectivity index (χ4v) is 9.64. The van der Waals surface area contributed by atoms with Crippen molar-refractivity contribution in [3.8, 4) is 0 Å². The van der Waals surface area contributed by atoms with E-state index in [1.807, 2.05) is 0 Å². The molecule has 9 atom stereocenters. The molecule has 0 unspecified atom stereocenters. The Balaban J connectivity index is 0.00000245. The number of hydrogen-bond donors (Lipinski definition) is 1. The highest BCUT2D eigenvalue weighted by molar-refractivity contribution is 5.09. The molecule has 182 valence electrons. The Labute approximate surface area is 213 Å². The van der Waals surface area contributed by atoms with Crippen LogP contribution < -0.4 is 28.5 Å². The van der Waals surface area contributed by atoms with Crippen molar-refractivity contribution < 1.29 is 33.7 Å². The van der Waals surface area contributed by atoms with Gasteiger partial charge in [-0.15, -0.1) is 0 Å². The number of aromatic nitrogens is 2. The highest BCUT2D eigenvalue weighted by Gasteiger charge is 2.60. The molecule has 1 heterocycles. The maximum Gasteiger partial charge on any atom is 0.243 e. The molecule has 1 aromatic heterocycles. The van der Waals surface area contributed by atoms with Crippen LogP contribution in [0.2, 0.25) is 0 Å². The first-order chi connectivity index (χ1) is 14.8. The van der Waals surface area contributed by atoms with E-state index in [1.54, 1.807) is 0 Å². The summed E-state index contributed by atoms with van der Waals surface area (Å²) in [5.41, 5.74) is 1.10. The molecule has 0 aromatic carbocycles. The van der Waals surface area contributed by atoms with E-state index >= 15 is 0 Å². The standard InChI is InChI=1S/C28H47N2O.HI/c1-20(6-5-15-30-17-16-29(4)19-30)24-9-10-25-23-8-7-21-18-22(31)11-13-27(21,2)26(23)12-14-28(24,25)3;/h16-17,19-26,31H,5-15,18H2,1-4H3;1H/q+1;/p-1/t20-,21-,22-,23+,24-,25+,26+,27+,28-;/m1./s1. The average Bonchev–Trinajstić information content (AvgIpc) is 3.31. The van der Waals surface area contributed by atoms with Crippen molar-refractivity contribution in [2.75, 3.05) is 0 Å². The van der Waals surface area contributed by atoms with E-state index in [9.17, 15) is 5.11 Å². The van der Waals surface area contributed by atoms with Crippen molar-refractivity contribution in [2.45, 2.75) is 104 Å². The number of halogens is 1. The molecule has 1 N–H and O–H groups in total. The number of hydrogen-bond acceptors (Lipinski definition) is 1. The zero-order valence-electron chi connectivity index (χ0n) is 21.0. The van der Waals surface area contributed by atoms with E-state index in [0.717, 1.165) is 54.9 Å². The van der Waals surface area contributed by atoms with Crippen molar-refractivity contribution in [1.29, 1.82) is 0 Å². The minimum absolute atomic E-state index is 0. The third-order valence-electron chi connectivity index (χ3n) is 11.3. The highest BCUT2D eigenvalue weighted by Crippen LogP contribution is 2.68. The van der Waals surface area contributed by atoms with Gasteiger partial charge in [-0.1, -0.05) is 20.8 Å². The van der Waals surface area contributed by atoms with Crippen molar-refractivity contribution in [3.05, 3.63) is 18.7 Å². The van der Waals surface area contributed by atoms with Crippen LogP contribution in [0.15, 0.2) is 18.7 Å². The Morgan fingerprint density at radius 3 is 2.53 bits per heavy atom. The molecule has 4 aliphatic carbocycles. The number of aliphatic hydroxyl groups excluding tert-OH is 1. The monoisotopic (exact) mass is 554 g/mol. The Bertz CT molecular complexity index is 779. The summed E-state index contributed by atoms with van der Waals surface area (Å²) in [6.07, 6.45) is 21.4. The summed E-state index contributed by atoms with van der Waals surface area (Å²) >= 11 is 0. The number of rotatable bonds is 5. The molecule has 1 aromatic rings. The van der Waals surface area contributed by atoms with Crippen LogP contribution in [-0.4, -0.2) is 15.8 Å². The van der Waals surface area contributed by atoms with Gasteiger partial charge in [0.1, 0.15) is 12.4 Å². The fraction of sp³-hybridized carbons (Fsp3) is 0.893. The second-order valence-electron chi connectivity index (χ2n) is 12.7. The van der Waals surface area contributed by atoms with Crippen molar-refractivity contribution >= 4 is 0 Å². The summed E-state index contributed by atoms with van der Waals surface area (Å²) < 4.78 is 4.49. The molecule has 4 heteroatoms. The molecule has 4 saturated carbocycles. The molecule has 0 amide bonds. The van der Waals surface area contributed by atoms with Gasteiger partial charge in [-0.25, -0.2) is 9.13 Å². The molecule has 0 bridgehead atoms. The van der Waals surface area contributed by atoms with Gasteiger partial charge in [0.05, 0.1) is 19.7 Å². The van der Waals surface area contributed by atoms with Crippen LogP contribution in [-0.2, 0) is 13.6 Å². The lowest BCUT2D eigenvalue weighted by atomic mass is 9.44. The second-order valence-corrected chi connectivity index (χ2v) is 12.7. The quantitative estimate of drug-likeness (QED) is 0.441. The van der Waals surface area contributed by atoms with E-state index in [2.05, 4.69) is 55.7 Å². The summed E-state index contributed by atoms with van der Waals surface area (Å²) in [7, 11) is 2.11. The van der Waals surface area contributed by atoms with Crippen molar-refractivity contribution in [1.82, 2.24) is 4.57 Å². The minimum atomic E-state index is -0.0192. The lowest BCUT2D eigenvalue weighted by molar-refractivity contribution is -0.671. The lowest BCUT2D eigenvalue weighted by Crippen LogP contribution is -3.00. The van der Waals surface area contributed by atoms with Gasteiger partial charge in [-0.2, -0.15) is 0 Å². The van der Waals surface area contributed by atoms with Gasteiger partial charge in [0.2, 0.25) is 6.33 Å². The van der Waals surface area contributed by atoms with Gasteiger partial charge in [-0.05, 0) is 117 Å². The second kappa shape index (κ2) is 9.51. The number of imidazole rings is 1. The molecular weight excluding hydrogens is 507 g/mol. The van der Waals surface area contributed by atoms with E-state index in [4.69, 9.17) is 0 Å². The molecule has 0 saturated heterocycles. The van der Waals surface area contributed by atoms with Crippen LogP contribution in [0.25, 0.3) is 0 Å². The van der Waals surface area contributed by atoms with E-state index < -0.39 is 0 Å². The van der Waals surface area contributed by atoms with Crippen LogP contribution in [0, 0.1) is 46.3 Å². The van der Waals surface area contributed by atoms with Crippen molar-refractivity contribution in [3.63, 3.8) is 0 Å². The van der Waals surface area contributed by atoms with Gasteiger partial charge in [0.25, 0.3) is 0 Å². The molecule has 0 aliphatic heterocycles. The normalized spacial score (nSPS) is 44.2. The van der Waals surface area contributed by atoms with Gasteiger partial charge in [0.15, 0.2) is 0 Å². The average molecular weight is 555 g/mol. The molecule has 0 spiro atoms. The number of aryl methyl sites for hydroxylation is 2. The number of fused-ring (bicyclic) bond motifs is 5. The fourth-order valence-electron chi connectivity index (χ4n) is 9.64. The molecule has 32 heavy (non-hydrogen) atoms. The van der Waals surface area contributed by atoms with E-state index in [1.165, 1.54) is 57.8 Å². The Morgan fingerprint density at radius 1 is 1.03 bits per heavy atom. The molecule has 5 rings (SSSR count). The van der Waals surface area contributed by atoms with Gasteiger partial charge in [-0.3, -0.25) is 0 Å². The van der Waals surface area contributed by atoms with E-state index in [-0.39, 0.29) is 30.1 Å². The van der Waals surface area contributed by atoms with Crippen LogP contribution in [0.4, 0.5) is 0 Å². The smallest absolute Gasteiger partial charge is 0.243 e. The number of aliphatic hydroxyl groups is 1. The maximum atomic E-state index is 10.3. The van der Waals surface area contributed by atoms with Crippen molar-refractivity contribution in [2.24, 2.45) is 53.4 Å². The third kappa shape index (κ3) is 4.22. The van der Waals surface area contributed by atoms with Crippen LogP contribution in [0.1, 0.15) is 91.4 Å². The van der Waals surface area contributed by atoms with Crippen LogP contribution in [0.3, 0.4) is 0 Å². The summed E-state index contributed by atoms with van der Waals surface area (Å²) in [6, 6.07) is 0. The molecule has 4 fully saturated rings. The third-order valence-corrected chi connectivity index (χ3v) is 11.3.